The second-order valence-corrected chi connectivity index (χ2v) is 26.3. The zero-order valence-electron chi connectivity index (χ0n) is 58.3. The van der Waals surface area contributed by atoms with Crippen LogP contribution in [0.2, 0.25) is 0 Å². The Kier molecular flexibility index (Phi) is 63.9. The number of aliphatic hydroxyl groups is 5. The molecule has 1 saturated heterocycles. The number of esters is 1. The number of allylic oxidation sites excluding steroid dienone is 11. The predicted octanol–water partition coefficient (Wildman–Crippen LogP) is 20.2. The van der Waals surface area contributed by atoms with Crippen LogP contribution in [0, 0.1) is 0 Å². The first-order valence-corrected chi connectivity index (χ1v) is 38.2. The molecule has 11 heteroatoms. The van der Waals surface area contributed by atoms with Gasteiger partial charge in [0.25, 0.3) is 0 Å². The van der Waals surface area contributed by atoms with Gasteiger partial charge in [-0.25, -0.2) is 0 Å². The number of ether oxygens (including phenoxy) is 3. The van der Waals surface area contributed by atoms with Crippen molar-refractivity contribution in [3.63, 3.8) is 0 Å². The van der Waals surface area contributed by atoms with Gasteiger partial charge in [-0.2, -0.15) is 0 Å². The molecule has 90 heavy (non-hydrogen) atoms. The van der Waals surface area contributed by atoms with Crippen LogP contribution in [0.1, 0.15) is 354 Å². The summed E-state index contributed by atoms with van der Waals surface area (Å²) in [5.74, 6) is -0.192. The molecule has 0 radical (unpaired) electrons. The van der Waals surface area contributed by atoms with Crippen LogP contribution in [0.15, 0.2) is 72.9 Å². The molecule has 1 aliphatic heterocycles. The molecule has 1 rings (SSSR count). The van der Waals surface area contributed by atoms with E-state index in [9.17, 15) is 35.1 Å². The Bertz CT molecular complexity index is 1730. The van der Waals surface area contributed by atoms with E-state index in [4.69, 9.17) is 14.2 Å². The number of unbranched alkanes of at least 4 members (excludes halogenated alkanes) is 43. The van der Waals surface area contributed by atoms with Gasteiger partial charge < -0.3 is 45.1 Å². The highest BCUT2D eigenvalue weighted by atomic mass is 16.7. The smallest absolute Gasteiger partial charge is 0.305 e. The van der Waals surface area contributed by atoms with Crippen LogP contribution in [0.4, 0.5) is 0 Å². The van der Waals surface area contributed by atoms with Crippen LogP contribution in [-0.2, 0) is 23.8 Å². The minimum absolute atomic E-state index is 0.00191. The molecule has 7 unspecified atom stereocenters. The molecule has 0 aromatic carbocycles. The largest absolute Gasteiger partial charge is 0.466 e. The lowest BCUT2D eigenvalue weighted by Crippen LogP contribution is -2.60. The molecule has 1 amide bonds. The zero-order valence-corrected chi connectivity index (χ0v) is 58.3. The molecule has 0 spiro atoms. The summed E-state index contributed by atoms with van der Waals surface area (Å²) in [4.78, 5) is 25.1. The van der Waals surface area contributed by atoms with Crippen molar-refractivity contribution < 1.29 is 49.3 Å². The Labute approximate surface area is 553 Å². The number of nitrogens with one attached hydrogen (secondary N) is 1. The highest BCUT2D eigenvalue weighted by Gasteiger charge is 2.44. The van der Waals surface area contributed by atoms with Crippen molar-refractivity contribution in [1.29, 1.82) is 0 Å². The minimum Gasteiger partial charge on any atom is -0.466 e. The number of carbonyl (C=O) groups is 2. The van der Waals surface area contributed by atoms with Gasteiger partial charge in [-0.1, -0.05) is 299 Å². The molecule has 0 aromatic rings. The number of hydrogen-bond acceptors (Lipinski definition) is 10. The summed E-state index contributed by atoms with van der Waals surface area (Å²) in [5, 5.41) is 54.5. The normalized spacial score (nSPS) is 18.1. The second kappa shape index (κ2) is 67.5. The van der Waals surface area contributed by atoms with Crippen molar-refractivity contribution in [2.45, 2.75) is 397 Å². The van der Waals surface area contributed by atoms with Crippen molar-refractivity contribution >= 4 is 11.9 Å². The number of amides is 1. The molecule has 7 atom stereocenters. The molecule has 0 bridgehead atoms. The Morgan fingerprint density at radius 3 is 1.17 bits per heavy atom. The summed E-state index contributed by atoms with van der Waals surface area (Å²) in [7, 11) is 0. The summed E-state index contributed by atoms with van der Waals surface area (Å²) >= 11 is 0. The Morgan fingerprint density at radius 2 is 0.756 bits per heavy atom. The molecule has 0 aliphatic carbocycles. The van der Waals surface area contributed by atoms with E-state index >= 15 is 0 Å². The van der Waals surface area contributed by atoms with E-state index in [2.05, 4.69) is 79.9 Å². The van der Waals surface area contributed by atoms with Crippen molar-refractivity contribution in [3.8, 4) is 0 Å². The highest BCUT2D eigenvalue weighted by Crippen LogP contribution is 2.23. The number of carbonyl (C=O) groups excluding carboxylic acids is 2. The van der Waals surface area contributed by atoms with Gasteiger partial charge in [-0.15, -0.1) is 0 Å². The number of rotatable bonds is 67. The van der Waals surface area contributed by atoms with Crippen LogP contribution in [0.3, 0.4) is 0 Å². The van der Waals surface area contributed by atoms with Gasteiger partial charge in [0.05, 0.1) is 32.0 Å². The maximum atomic E-state index is 13.1. The van der Waals surface area contributed by atoms with Crippen LogP contribution in [-0.4, -0.2) is 100 Å². The van der Waals surface area contributed by atoms with Crippen LogP contribution < -0.4 is 5.32 Å². The number of aliphatic hydroxyl groups excluding tert-OH is 5. The van der Waals surface area contributed by atoms with Gasteiger partial charge >= 0.3 is 5.97 Å². The zero-order chi connectivity index (χ0) is 65.1. The Hall–Kier alpha value is -2.90. The molecule has 0 saturated carbocycles. The number of hydrogen-bond donors (Lipinski definition) is 6. The third-order valence-electron chi connectivity index (χ3n) is 17.7. The van der Waals surface area contributed by atoms with E-state index in [1.807, 2.05) is 6.08 Å². The first-order valence-electron chi connectivity index (χ1n) is 38.2. The summed E-state index contributed by atoms with van der Waals surface area (Å²) in [5.41, 5.74) is 0. The van der Waals surface area contributed by atoms with E-state index in [0.717, 1.165) is 77.0 Å². The highest BCUT2D eigenvalue weighted by molar-refractivity contribution is 5.76. The average molecular weight is 1270 g/mol. The molecule has 1 aliphatic rings. The van der Waals surface area contributed by atoms with Crippen molar-refractivity contribution in [1.82, 2.24) is 5.32 Å². The van der Waals surface area contributed by atoms with Gasteiger partial charge in [0.1, 0.15) is 24.4 Å². The van der Waals surface area contributed by atoms with Crippen LogP contribution >= 0.6 is 0 Å². The molecule has 6 N–H and O–H groups in total. The van der Waals surface area contributed by atoms with Gasteiger partial charge in [-0.3, -0.25) is 9.59 Å². The van der Waals surface area contributed by atoms with Crippen molar-refractivity contribution in [2.24, 2.45) is 0 Å². The maximum absolute atomic E-state index is 13.1. The summed E-state index contributed by atoms with van der Waals surface area (Å²) < 4.78 is 16.7. The first kappa shape index (κ1) is 85.1. The van der Waals surface area contributed by atoms with Gasteiger partial charge in [0, 0.05) is 12.8 Å². The fraction of sp³-hybridized carbons (Fsp3) is 0.823. The second-order valence-electron chi connectivity index (χ2n) is 26.3. The molecular weight excluding hydrogens is 1120 g/mol. The first-order chi connectivity index (χ1) is 44.2. The lowest BCUT2D eigenvalue weighted by molar-refractivity contribution is -0.302. The molecule has 1 heterocycles. The average Bonchev–Trinajstić information content (AvgIpc) is 1.02. The third-order valence-corrected chi connectivity index (χ3v) is 17.7. The fourth-order valence-corrected chi connectivity index (χ4v) is 11.7. The minimum atomic E-state index is -1.58. The lowest BCUT2D eigenvalue weighted by atomic mass is 9.99. The topological polar surface area (TPSA) is 175 Å². The van der Waals surface area contributed by atoms with E-state index in [1.54, 1.807) is 6.08 Å². The van der Waals surface area contributed by atoms with E-state index in [0.29, 0.717) is 19.4 Å². The SMILES string of the molecule is CCCCC/C=C\CCCCCCCC(=O)OCCCCCCCCCCCCCCC/C=C\C/C=C\CCCCCCCCCCCCCCCCCCCC(=O)NC(COC1OC(CO)C(O)C(O)C1O)C(O)/C=C/CC/C=C/CC/C=C/CCCCC. The third kappa shape index (κ3) is 55.5. The van der Waals surface area contributed by atoms with Crippen molar-refractivity contribution in [3.05, 3.63) is 72.9 Å². The lowest BCUT2D eigenvalue weighted by Gasteiger charge is -2.40. The van der Waals surface area contributed by atoms with Crippen LogP contribution in [0.5, 0.6) is 0 Å². The molecule has 0 aromatic heterocycles. The molecule has 524 valence electrons. The van der Waals surface area contributed by atoms with Crippen LogP contribution in [0.25, 0.3) is 0 Å². The van der Waals surface area contributed by atoms with E-state index < -0.39 is 49.5 Å². The molecule has 1 fully saturated rings. The summed E-state index contributed by atoms with van der Waals surface area (Å²) in [6, 6.07) is -0.834. The van der Waals surface area contributed by atoms with Gasteiger partial charge in [0.2, 0.25) is 5.91 Å². The van der Waals surface area contributed by atoms with E-state index in [1.165, 1.54) is 250 Å². The fourth-order valence-electron chi connectivity index (χ4n) is 11.7. The van der Waals surface area contributed by atoms with Crippen molar-refractivity contribution in [2.75, 3.05) is 19.8 Å². The summed E-state index contributed by atoms with van der Waals surface area (Å²) in [6.07, 6.45) is 82.1. The predicted molar refractivity (Wildman–Crippen MR) is 380 cm³/mol. The Balaban J connectivity index is 1.94. The Morgan fingerprint density at radius 1 is 0.411 bits per heavy atom. The molecular formula is C79H143NO10. The maximum Gasteiger partial charge on any atom is 0.305 e. The monoisotopic (exact) mass is 1270 g/mol. The van der Waals surface area contributed by atoms with E-state index in [-0.39, 0.29) is 18.5 Å². The summed E-state index contributed by atoms with van der Waals surface area (Å²) in [6.45, 7) is 4.29. The van der Waals surface area contributed by atoms with Gasteiger partial charge in [-0.05, 0) is 116 Å². The van der Waals surface area contributed by atoms with Gasteiger partial charge in [0.15, 0.2) is 6.29 Å². The molecule has 11 nitrogen and oxygen atoms in total. The quantitative estimate of drug-likeness (QED) is 0.0195. The standard InChI is InChI=1S/C79H143NO10/c1-3-5-7-9-11-13-15-42-45-49-53-57-61-65-72(82)71(70-89-79-78(87)77(86)76(85)73(69-81)90-79)80-74(83)66-62-58-54-50-46-43-40-38-36-34-32-30-28-26-24-22-20-18-17-19-21-23-25-27-29-31-33-35-37-39-41-44-48-52-56-60-64-68-88-75(84)67-63-59-55-51-47-16-14-12-10-8-6-4-2/h11-14,17,19,23,25,45,49,61,65,71-73,76-79,81-82,85-87H,3-10,15-16,18,20-22,24,26-44,46-48,50-60,62-64,66-70H2,1-2H3,(H,80,83)/b13-11+,14-12-,19-17-,25-23-,49-45+,65-61+.